The maximum atomic E-state index is 10.6. The number of aliphatic hydroxyl groups is 1. The van der Waals surface area contributed by atoms with Gasteiger partial charge in [-0.2, -0.15) is 0 Å². The van der Waals surface area contributed by atoms with Crippen LogP contribution in [0.15, 0.2) is 11.6 Å². The predicted octanol–water partition coefficient (Wildman–Crippen LogP) is 0.535. The summed E-state index contributed by atoms with van der Waals surface area (Å²) in [7, 11) is 0. The minimum Gasteiger partial charge on any atom is -0.465 e. The van der Waals surface area contributed by atoms with E-state index in [0.29, 0.717) is 12.5 Å². The smallest absolute Gasteiger partial charge is 0.407 e. The summed E-state index contributed by atoms with van der Waals surface area (Å²) in [6.07, 6.45) is 1.06. The van der Waals surface area contributed by atoms with Gasteiger partial charge in [0.1, 0.15) is 0 Å². The summed E-state index contributed by atoms with van der Waals surface area (Å²) in [6.45, 7) is 2.55. The van der Waals surface area contributed by atoms with Gasteiger partial charge < -0.3 is 15.1 Å². The molecule has 1 aliphatic rings. The maximum absolute atomic E-state index is 10.6. The van der Waals surface area contributed by atoms with Crippen LogP contribution in [0, 0.1) is 5.92 Å². The van der Waals surface area contributed by atoms with Crippen LogP contribution in [0.4, 0.5) is 4.79 Å². The lowest BCUT2D eigenvalue weighted by atomic mass is 10.3. The van der Waals surface area contributed by atoms with Crippen molar-refractivity contribution in [1.29, 1.82) is 0 Å². The molecular weight excluding hydrogens is 158 g/mol. The average Bonchev–Trinajstić information content (AvgIpc) is 2.65. The van der Waals surface area contributed by atoms with Gasteiger partial charge in [-0.15, -0.1) is 0 Å². The van der Waals surface area contributed by atoms with Gasteiger partial charge in [-0.1, -0.05) is 11.6 Å². The van der Waals surface area contributed by atoms with Crippen LogP contribution in [0.3, 0.4) is 0 Å². The fourth-order valence-corrected chi connectivity index (χ4v) is 1.09. The molecule has 0 spiro atoms. The fourth-order valence-electron chi connectivity index (χ4n) is 1.09. The van der Waals surface area contributed by atoms with Crippen molar-refractivity contribution in [3.63, 3.8) is 0 Å². The molecule has 0 fully saturated rings. The molecule has 0 radical (unpaired) electrons. The first kappa shape index (κ1) is 9.06. The van der Waals surface area contributed by atoms with Crippen molar-refractivity contribution in [3.05, 3.63) is 11.6 Å². The van der Waals surface area contributed by atoms with Gasteiger partial charge in [-0.25, -0.2) is 4.79 Å². The van der Waals surface area contributed by atoms with Crippen molar-refractivity contribution >= 4 is 6.09 Å². The van der Waals surface area contributed by atoms with Gasteiger partial charge in [0.2, 0.25) is 0 Å². The molecule has 1 unspecified atom stereocenters. The normalized spacial score (nSPS) is 20.2. The SMILES string of the molecule is CC1=CC1CN(CCO)C(=O)O. The Morgan fingerprint density at radius 2 is 2.33 bits per heavy atom. The van der Waals surface area contributed by atoms with E-state index in [0.717, 1.165) is 0 Å². The Labute approximate surface area is 71.1 Å². The number of amides is 1. The molecule has 0 aromatic heterocycles. The standard InChI is InChI=1S/C8H13NO3/c1-6-4-7(6)5-9(2-3-10)8(11)12/h4,7,10H,2-3,5H2,1H3,(H,11,12). The lowest BCUT2D eigenvalue weighted by Gasteiger charge is -2.17. The molecule has 1 rings (SSSR count). The molecule has 0 heterocycles. The molecular formula is C8H13NO3. The summed E-state index contributed by atoms with van der Waals surface area (Å²) in [5, 5.41) is 17.2. The van der Waals surface area contributed by atoms with E-state index in [4.69, 9.17) is 10.2 Å². The molecule has 12 heavy (non-hydrogen) atoms. The predicted molar refractivity (Wildman–Crippen MR) is 43.9 cm³/mol. The van der Waals surface area contributed by atoms with Gasteiger partial charge >= 0.3 is 6.09 Å². The highest BCUT2D eigenvalue weighted by Crippen LogP contribution is 2.28. The van der Waals surface area contributed by atoms with Crippen molar-refractivity contribution in [2.24, 2.45) is 5.92 Å². The first-order valence-corrected chi connectivity index (χ1v) is 3.92. The molecule has 1 aliphatic carbocycles. The molecule has 0 aliphatic heterocycles. The Morgan fingerprint density at radius 1 is 1.75 bits per heavy atom. The van der Waals surface area contributed by atoms with Crippen LogP contribution in [0.25, 0.3) is 0 Å². The molecule has 1 amide bonds. The lowest BCUT2D eigenvalue weighted by molar-refractivity contribution is 0.130. The maximum Gasteiger partial charge on any atom is 0.407 e. The monoisotopic (exact) mass is 171 g/mol. The molecule has 0 aromatic carbocycles. The summed E-state index contributed by atoms with van der Waals surface area (Å²) in [5.41, 5.74) is 1.24. The van der Waals surface area contributed by atoms with Crippen molar-refractivity contribution in [3.8, 4) is 0 Å². The van der Waals surface area contributed by atoms with E-state index in [2.05, 4.69) is 0 Å². The van der Waals surface area contributed by atoms with E-state index in [9.17, 15) is 4.79 Å². The summed E-state index contributed by atoms with van der Waals surface area (Å²) in [5.74, 6) is 0.313. The molecule has 2 N–H and O–H groups in total. The third-order valence-corrected chi connectivity index (χ3v) is 2.00. The first-order chi connectivity index (χ1) is 5.65. The van der Waals surface area contributed by atoms with Crippen molar-refractivity contribution in [1.82, 2.24) is 4.90 Å². The quantitative estimate of drug-likeness (QED) is 0.607. The highest BCUT2D eigenvalue weighted by Gasteiger charge is 2.24. The van der Waals surface area contributed by atoms with Crippen LogP contribution < -0.4 is 0 Å². The van der Waals surface area contributed by atoms with Gasteiger partial charge in [0.15, 0.2) is 0 Å². The second kappa shape index (κ2) is 3.58. The molecule has 4 nitrogen and oxygen atoms in total. The topological polar surface area (TPSA) is 60.8 Å². The van der Waals surface area contributed by atoms with Crippen molar-refractivity contribution in [2.75, 3.05) is 19.7 Å². The molecule has 0 bridgehead atoms. The Bertz CT molecular complexity index is 212. The number of nitrogens with zero attached hydrogens (tertiary/aromatic N) is 1. The molecule has 1 atom stereocenters. The Kier molecular flexibility index (Phi) is 2.70. The van der Waals surface area contributed by atoms with E-state index in [1.165, 1.54) is 10.5 Å². The van der Waals surface area contributed by atoms with Crippen LogP contribution in [0.5, 0.6) is 0 Å². The van der Waals surface area contributed by atoms with Crippen LogP contribution in [-0.2, 0) is 0 Å². The zero-order chi connectivity index (χ0) is 9.14. The number of rotatable bonds is 4. The van der Waals surface area contributed by atoms with Gasteiger partial charge in [0.05, 0.1) is 6.61 Å². The Hall–Kier alpha value is -1.03. The summed E-state index contributed by atoms with van der Waals surface area (Å²) in [4.78, 5) is 11.8. The van der Waals surface area contributed by atoms with Gasteiger partial charge in [0, 0.05) is 19.0 Å². The number of aliphatic hydroxyl groups excluding tert-OH is 1. The second-order valence-corrected chi connectivity index (χ2v) is 2.97. The summed E-state index contributed by atoms with van der Waals surface area (Å²) < 4.78 is 0. The number of hydrogen-bond acceptors (Lipinski definition) is 2. The second-order valence-electron chi connectivity index (χ2n) is 2.97. The van der Waals surface area contributed by atoms with Crippen molar-refractivity contribution < 1.29 is 15.0 Å². The number of carbonyl (C=O) groups is 1. The van der Waals surface area contributed by atoms with Crippen LogP contribution in [0.1, 0.15) is 6.92 Å². The zero-order valence-electron chi connectivity index (χ0n) is 7.03. The van der Waals surface area contributed by atoms with Gasteiger partial charge in [-0.05, 0) is 6.92 Å². The molecule has 4 heteroatoms. The summed E-state index contributed by atoms with van der Waals surface area (Å²) >= 11 is 0. The van der Waals surface area contributed by atoms with E-state index in [1.54, 1.807) is 0 Å². The fraction of sp³-hybridized carbons (Fsp3) is 0.625. The highest BCUT2D eigenvalue weighted by molar-refractivity contribution is 5.65. The Morgan fingerprint density at radius 3 is 2.67 bits per heavy atom. The van der Waals surface area contributed by atoms with Crippen LogP contribution in [-0.4, -0.2) is 40.9 Å². The average molecular weight is 171 g/mol. The molecule has 0 saturated carbocycles. The summed E-state index contributed by atoms with van der Waals surface area (Å²) in [6, 6.07) is 0. The van der Waals surface area contributed by atoms with E-state index in [-0.39, 0.29) is 13.2 Å². The van der Waals surface area contributed by atoms with E-state index in [1.807, 2.05) is 13.0 Å². The highest BCUT2D eigenvalue weighted by atomic mass is 16.4. The largest absolute Gasteiger partial charge is 0.465 e. The molecule has 0 saturated heterocycles. The van der Waals surface area contributed by atoms with Gasteiger partial charge in [-0.3, -0.25) is 0 Å². The molecule has 68 valence electrons. The number of carboxylic acid groups (broad SMARTS) is 1. The van der Waals surface area contributed by atoms with E-state index < -0.39 is 6.09 Å². The van der Waals surface area contributed by atoms with Gasteiger partial charge in [0.25, 0.3) is 0 Å². The van der Waals surface area contributed by atoms with E-state index >= 15 is 0 Å². The van der Waals surface area contributed by atoms with Crippen LogP contribution >= 0.6 is 0 Å². The third kappa shape index (κ3) is 2.23. The number of hydrogen-bond donors (Lipinski definition) is 2. The first-order valence-electron chi connectivity index (χ1n) is 3.92. The third-order valence-electron chi connectivity index (χ3n) is 2.00. The minimum atomic E-state index is -0.961. The molecule has 0 aromatic rings. The van der Waals surface area contributed by atoms with Crippen LogP contribution in [0.2, 0.25) is 0 Å². The lowest BCUT2D eigenvalue weighted by Crippen LogP contribution is -2.34. The minimum absolute atomic E-state index is 0.113. The zero-order valence-corrected chi connectivity index (χ0v) is 7.03. The van der Waals surface area contributed by atoms with Crippen molar-refractivity contribution in [2.45, 2.75) is 6.92 Å². The Balaban J connectivity index is 2.29.